The topological polar surface area (TPSA) is 38.8 Å². The van der Waals surface area contributed by atoms with E-state index >= 15 is 0 Å². The number of rotatable bonds is 6. The van der Waals surface area contributed by atoms with Crippen LogP contribution in [0.25, 0.3) is 0 Å². The molecule has 0 spiro atoms. The summed E-state index contributed by atoms with van der Waals surface area (Å²) in [5.74, 6) is 0.632. The van der Waals surface area contributed by atoms with Crippen LogP contribution in [0.4, 0.5) is 0 Å². The Balaban J connectivity index is 3.13. The minimum Gasteiger partial charge on any atom is -0.496 e. The molecule has 0 saturated carbocycles. The standard InChI is InChI=1S/C15H23NO3/c1-6-11-10-12(8-9-13(11)18-5)14(16(3)4)15(17)19-7-2/h8-10,14H,6-7H2,1-5H3. The highest BCUT2D eigenvalue weighted by Crippen LogP contribution is 2.26. The average Bonchev–Trinajstić information content (AvgIpc) is 2.38. The molecular formula is C15H23NO3. The van der Waals surface area contributed by atoms with Crippen molar-refractivity contribution in [2.75, 3.05) is 27.8 Å². The number of carbonyl (C=O) groups is 1. The number of aryl methyl sites for hydroxylation is 1. The third-order valence-corrected chi connectivity index (χ3v) is 3.03. The number of carbonyl (C=O) groups excluding carboxylic acids is 1. The molecule has 0 fully saturated rings. The first-order chi connectivity index (χ1) is 9.04. The van der Waals surface area contributed by atoms with Gasteiger partial charge in [0.05, 0.1) is 13.7 Å². The van der Waals surface area contributed by atoms with E-state index in [4.69, 9.17) is 9.47 Å². The van der Waals surface area contributed by atoms with Gasteiger partial charge in [-0.15, -0.1) is 0 Å². The normalized spacial score (nSPS) is 12.3. The molecule has 1 aromatic rings. The lowest BCUT2D eigenvalue weighted by Gasteiger charge is -2.23. The van der Waals surface area contributed by atoms with Gasteiger partial charge < -0.3 is 9.47 Å². The zero-order valence-corrected chi connectivity index (χ0v) is 12.4. The summed E-state index contributed by atoms with van der Waals surface area (Å²) in [6, 6.07) is 5.46. The summed E-state index contributed by atoms with van der Waals surface area (Å²) in [5.41, 5.74) is 2.03. The number of methoxy groups -OCH3 is 1. The fraction of sp³-hybridized carbons (Fsp3) is 0.533. The van der Waals surface area contributed by atoms with E-state index in [9.17, 15) is 4.79 Å². The Hall–Kier alpha value is -1.55. The molecule has 4 nitrogen and oxygen atoms in total. The first-order valence-electron chi connectivity index (χ1n) is 6.55. The van der Waals surface area contributed by atoms with Crippen LogP contribution in [0.15, 0.2) is 18.2 Å². The number of hydrogen-bond acceptors (Lipinski definition) is 4. The molecule has 1 unspecified atom stereocenters. The molecule has 0 bridgehead atoms. The summed E-state index contributed by atoms with van der Waals surface area (Å²) in [4.78, 5) is 13.9. The zero-order chi connectivity index (χ0) is 14.4. The number of nitrogens with zero attached hydrogens (tertiary/aromatic N) is 1. The van der Waals surface area contributed by atoms with E-state index in [1.54, 1.807) is 7.11 Å². The summed E-state index contributed by atoms with van der Waals surface area (Å²) in [7, 11) is 5.40. The van der Waals surface area contributed by atoms with E-state index in [-0.39, 0.29) is 12.0 Å². The second kappa shape index (κ2) is 7.14. The van der Waals surface area contributed by atoms with Gasteiger partial charge in [0, 0.05) is 0 Å². The summed E-state index contributed by atoms with van der Waals surface area (Å²) in [6.45, 7) is 4.27. The van der Waals surface area contributed by atoms with Crippen molar-refractivity contribution in [3.63, 3.8) is 0 Å². The average molecular weight is 265 g/mol. The van der Waals surface area contributed by atoms with Crippen LogP contribution in [0.3, 0.4) is 0 Å². The van der Waals surface area contributed by atoms with Crippen LogP contribution in [-0.2, 0) is 16.0 Å². The molecule has 0 aliphatic rings. The third-order valence-electron chi connectivity index (χ3n) is 3.03. The number of hydrogen-bond donors (Lipinski definition) is 0. The largest absolute Gasteiger partial charge is 0.496 e. The fourth-order valence-corrected chi connectivity index (χ4v) is 2.11. The van der Waals surface area contributed by atoms with Crippen molar-refractivity contribution in [1.82, 2.24) is 4.90 Å². The molecule has 0 amide bonds. The monoisotopic (exact) mass is 265 g/mol. The van der Waals surface area contributed by atoms with E-state index in [2.05, 4.69) is 6.92 Å². The molecule has 106 valence electrons. The van der Waals surface area contributed by atoms with Crippen LogP contribution in [0.5, 0.6) is 5.75 Å². The van der Waals surface area contributed by atoms with Gasteiger partial charge in [-0.3, -0.25) is 4.90 Å². The van der Waals surface area contributed by atoms with E-state index in [0.717, 1.165) is 23.3 Å². The van der Waals surface area contributed by atoms with Crippen LogP contribution >= 0.6 is 0 Å². The second-order valence-electron chi connectivity index (χ2n) is 4.54. The molecule has 0 heterocycles. The van der Waals surface area contributed by atoms with E-state index in [0.29, 0.717) is 6.61 Å². The van der Waals surface area contributed by atoms with Crippen molar-refractivity contribution < 1.29 is 14.3 Å². The maximum atomic E-state index is 12.0. The third kappa shape index (κ3) is 3.70. The van der Waals surface area contributed by atoms with Gasteiger partial charge in [0.1, 0.15) is 11.8 Å². The summed E-state index contributed by atoms with van der Waals surface area (Å²) in [5, 5.41) is 0. The van der Waals surface area contributed by atoms with Crippen molar-refractivity contribution in [3.8, 4) is 5.75 Å². The van der Waals surface area contributed by atoms with Gasteiger partial charge in [0.25, 0.3) is 0 Å². The van der Waals surface area contributed by atoms with Gasteiger partial charge >= 0.3 is 5.97 Å². The Bertz CT molecular complexity index is 429. The molecular weight excluding hydrogens is 242 g/mol. The lowest BCUT2D eigenvalue weighted by molar-refractivity contribution is -0.148. The van der Waals surface area contributed by atoms with Crippen molar-refractivity contribution in [1.29, 1.82) is 0 Å². The van der Waals surface area contributed by atoms with Gasteiger partial charge in [-0.05, 0) is 50.7 Å². The molecule has 1 rings (SSSR count). The Morgan fingerprint density at radius 1 is 1.32 bits per heavy atom. The Morgan fingerprint density at radius 2 is 2.00 bits per heavy atom. The molecule has 0 aliphatic heterocycles. The first kappa shape index (κ1) is 15.5. The highest BCUT2D eigenvalue weighted by atomic mass is 16.5. The van der Waals surface area contributed by atoms with Gasteiger partial charge in [-0.25, -0.2) is 4.79 Å². The molecule has 1 atom stereocenters. The van der Waals surface area contributed by atoms with Crippen molar-refractivity contribution >= 4 is 5.97 Å². The molecule has 0 radical (unpaired) electrons. The van der Waals surface area contributed by atoms with Crippen LogP contribution < -0.4 is 4.74 Å². The van der Waals surface area contributed by atoms with Gasteiger partial charge in [-0.1, -0.05) is 13.0 Å². The van der Waals surface area contributed by atoms with Crippen molar-refractivity contribution in [2.45, 2.75) is 26.3 Å². The van der Waals surface area contributed by atoms with Crippen LogP contribution in [0.1, 0.15) is 31.0 Å². The molecule has 19 heavy (non-hydrogen) atoms. The summed E-state index contributed by atoms with van der Waals surface area (Å²) in [6.07, 6.45) is 0.861. The van der Waals surface area contributed by atoms with Crippen molar-refractivity contribution in [2.24, 2.45) is 0 Å². The molecule has 0 aliphatic carbocycles. The minimum absolute atomic E-state index is 0.222. The molecule has 4 heteroatoms. The predicted molar refractivity (Wildman–Crippen MR) is 75.4 cm³/mol. The predicted octanol–water partition coefficient (Wildman–Crippen LogP) is 2.42. The molecule has 0 saturated heterocycles. The molecule has 0 N–H and O–H groups in total. The molecule has 1 aromatic carbocycles. The Morgan fingerprint density at radius 3 is 2.47 bits per heavy atom. The Labute approximate surface area is 115 Å². The second-order valence-corrected chi connectivity index (χ2v) is 4.54. The quantitative estimate of drug-likeness (QED) is 0.740. The maximum absolute atomic E-state index is 12.0. The lowest BCUT2D eigenvalue weighted by atomic mass is 10.0. The first-order valence-corrected chi connectivity index (χ1v) is 6.55. The highest BCUT2D eigenvalue weighted by molar-refractivity contribution is 5.77. The summed E-state index contributed by atoms with van der Waals surface area (Å²) >= 11 is 0. The lowest BCUT2D eigenvalue weighted by Crippen LogP contribution is -2.29. The minimum atomic E-state index is -0.379. The van der Waals surface area contributed by atoms with Crippen LogP contribution in [-0.4, -0.2) is 38.7 Å². The maximum Gasteiger partial charge on any atom is 0.327 e. The summed E-state index contributed by atoms with van der Waals surface area (Å²) < 4.78 is 10.4. The number of likely N-dealkylation sites (N-methyl/N-ethyl adjacent to an activating group) is 1. The van der Waals surface area contributed by atoms with Crippen LogP contribution in [0, 0.1) is 0 Å². The number of esters is 1. The molecule has 0 aromatic heterocycles. The zero-order valence-electron chi connectivity index (χ0n) is 12.4. The Kier molecular flexibility index (Phi) is 5.83. The van der Waals surface area contributed by atoms with E-state index < -0.39 is 0 Å². The number of ether oxygens (including phenoxy) is 2. The van der Waals surface area contributed by atoms with Gasteiger partial charge in [0.2, 0.25) is 0 Å². The number of benzene rings is 1. The van der Waals surface area contributed by atoms with Gasteiger partial charge in [0.15, 0.2) is 0 Å². The fourth-order valence-electron chi connectivity index (χ4n) is 2.11. The van der Waals surface area contributed by atoms with E-state index in [1.165, 1.54) is 0 Å². The highest BCUT2D eigenvalue weighted by Gasteiger charge is 2.24. The van der Waals surface area contributed by atoms with Crippen molar-refractivity contribution in [3.05, 3.63) is 29.3 Å². The van der Waals surface area contributed by atoms with E-state index in [1.807, 2.05) is 44.1 Å². The SMILES string of the molecule is CCOC(=O)C(c1ccc(OC)c(CC)c1)N(C)C. The smallest absolute Gasteiger partial charge is 0.327 e. The van der Waals surface area contributed by atoms with Crippen LogP contribution in [0.2, 0.25) is 0 Å². The van der Waals surface area contributed by atoms with Gasteiger partial charge in [-0.2, -0.15) is 0 Å².